The highest BCUT2D eigenvalue weighted by atomic mass is 16.7. The summed E-state index contributed by atoms with van der Waals surface area (Å²) in [6.45, 7) is 1.97. The Morgan fingerprint density at radius 2 is 1.35 bits per heavy atom. The number of aromatic nitrogens is 2. The zero-order valence-corrected chi connectivity index (χ0v) is 17.2. The van der Waals surface area contributed by atoms with E-state index < -0.39 is 0 Å². The molecule has 0 bridgehead atoms. The van der Waals surface area contributed by atoms with E-state index in [-0.39, 0.29) is 6.29 Å². The van der Waals surface area contributed by atoms with Gasteiger partial charge in [-0.3, -0.25) is 0 Å². The Labute approximate surface area is 182 Å². The number of imidazole rings is 1. The Bertz CT molecular complexity index is 1150. The Kier molecular flexibility index (Phi) is 5.74. The van der Waals surface area contributed by atoms with E-state index in [1.807, 2.05) is 30.4 Å². The highest BCUT2D eigenvalue weighted by Crippen LogP contribution is 2.34. The van der Waals surface area contributed by atoms with Crippen LogP contribution in [0, 0.1) is 0 Å². The average Bonchev–Trinajstić information content (AvgIpc) is 3.48. The quantitative estimate of drug-likeness (QED) is 0.414. The number of rotatable bonds is 6. The molecule has 0 amide bonds. The molecule has 2 heterocycles. The minimum Gasteiger partial charge on any atom is -0.347 e. The van der Waals surface area contributed by atoms with Gasteiger partial charge >= 0.3 is 0 Å². The fourth-order valence-corrected chi connectivity index (χ4v) is 3.86. The molecular weight excluding hydrogens is 384 g/mol. The smallest absolute Gasteiger partial charge is 0.177 e. The molecule has 5 rings (SSSR count). The molecule has 1 saturated heterocycles. The topological polar surface area (TPSA) is 36.3 Å². The standard InChI is InChI=1S/C27H24N2O2/c1-4-10-21(11-5-1)20-29-24(16-17-25-30-18-19-31-25)28-26(22-12-6-2-7-13-22)27(29)23-14-8-3-9-15-23/h1-17,25H,18-20H2. The summed E-state index contributed by atoms with van der Waals surface area (Å²) in [6.07, 6.45) is 3.64. The van der Waals surface area contributed by atoms with Gasteiger partial charge in [0.2, 0.25) is 0 Å². The summed E-state index contributed by atoms with van der Waals surface area (Å²) in [4.78, 5) is 5.08. The van der Waals surface area contributed by atoms with Crippen molar-refractivity contribution in [2.45, 2.75) is 12.8 Å². The lowest BCUT2D eigenvalue weighted by Gasteiger charge is -2.13. The van der Waals surface area contributed by atoms with Crippen LogP contribution < -0.4 is 0 Å². The summed E-state index contributed by atoms with van der Waals surface area (Å²) in [6, 6.07) is 31.3. The highest BCUT2D eigenvalue weighted by molar-refractivity contribution is 5.80. The molecule has 4 heteroatoms. The van der Waals surface area contributed by atoms with Crippen LogP contribution >= 0.6 is 0 Å². The molecule has 4 aromatic rings. The van der Waals surface area contributed by atoms with Crippen molar-refractivity contribution in [1.29, 1.82) is 0 Å². The van der Waals surface area contributed by atoms with Gasteiger partial charge in [0.1, 0.15) is 5.82 Å². The van der Waals surface area contributed by atoms with Crippen molar-refractivity contribution in [2.75, 3.05) is 13.2 Å². The maximum Gasteiger partial charge on any atom is 0.177 e. The molecular formula is C27H24N2O2. The third-order valence-corrected chi connectivity index (χ3v) is 5.33. The van der Waals surface area contributed by atoms with Crippen LogP contribution in [0.15, 0.2) is 97.1 Å². The van der Waals surface area contributed by atoms with Crippen molar-refractivity contribution >= 4 is 6.08 Å². The first kappa shape index (κ1) is 19.5. The predicted octanol–water partition coefficient (Wildman–Crippen LogP) is 5.65. The summed E-state index contributed by atoms with van der Waals surface area (Å²) in [5.74, 6) is 0.876. The van der Waals surface area contributed by atoms with E-state index in [4.69, 9.17) is 14.5 Å². The lowest BCUT2D eigenvalue weighted by atomic mass is 10.0. The van der Waals surface area contributed by atoms with Crippen molar-refractivity contribution < 1.29 is 9.47 Å². The molecule has 3 aromatic carbocycles. The second-order valence-electron chi connectivity index (χ2n) is 7.44. The lowest BCUT2D eigenvalue weighted by Crippen LogP contribution is -2.06. The zero-order valence-electron chi connectivity index (χ0n) is 17.2. The fourth-order valence-electron chi connectivity index (χ4n) is 3.86. The third kappa shape index (κ3) is 4.36. The van der Waals surface area contributed by atoms with Crippen LogP contribution in [0.2, 0.25) is 0 Å². The summed E-state index contributed by atoms with van der Waals surface area (Å²) in [5.41, 5.74) is 5.52. The van der Waals surface area contributed by atoms with E-state index in [0.29, 0.717) is 13.2 Å². The number of ether oxygens (including phenoxy) is 2. The average molecular weight is 409 g/mol. The summed E-state index contributed by atoms with van der Waals surface area (Å²) < 4.78 is 13.5. The molecule has 0 aliphatic carbocycles. The third-order valence-electron chi connectivity index (χ3n) is 5.33. The van der Waals surface area contributed by atoms with Crippen molar-refractivity contribution in [3.63, 3.8) is 0 Å². The van der Waals surface area contributed by atoms with Gasteiger partial charge in [0.15, 0.2) is 6.29 Å². The molecule has 31 heavy (non-hydrogen) atoms. The minimum atomic E-state index is -0.317. The van der Waals surface area contributed by atoms with Crippen molar-refractivity contribution in [1.82, 2.24) is 9.55 Å². The number of hydrogen-bond acceptors (Lipinski definition) is 3. The predicted molar refractivity (Wildman–Crippen MR) is 123 cm³/mol. The van der Waals surface area contributed by atoms with Gasteiger partial charge in [0.05, 0.1) is 24.6 Å². The van der Waals surface area contributed by atoms with Gasteiger partial charge in [0, 0.05) is 17.7 Å². The number of nitrogens with zero attached hydrogens (tertiary/aromatic N) is 2. The monoisotopic (exact) mass is 408 g/mol. The van der Waals surface area contributed by atoms with Crippen LogP contribution in [0.25, 0.3) is 28.6 Å². The van der Waals surface area contributed by atoms with E-state index >= 15 is 0 Å². The molecule has 1 aliphatic heterocycles. The van der Waals surface area contributed by atoms with E-state index in [1.54, 1.807) is 0 Å². The van der Waals surface area contributed by atoms with Crippen molar-refractivity contribution in [2.24, 2.45) is 0 Å². The maximum atomic E-state index is 5.59. The summed E-state index contributed by atoms with van der Waals surface area (Å²) >= 11 is 0. The normalized spacial score (nSPS) is 14.5. The molecule has 0 atom stereocenters. The van der Waals surface area contributed by atoms with Gasteiger partial charge in [-0.05, 0) is 17.7 Å². The van der Waals surface area contributed by atoms with Crippen LogP contribution in [0.3, 0.4) is 0 Å². The lowest BCUT2D eigenvalue weighted by molar-refractivity contribution is -0.000933. The maximum absolute atomic E-state index is 5.59. The molecule has 0 saturated carbocycles. The van der Waals surface area contributed by atoms with Gasteiger partial charge in [-0.25, -0.2) is 4.98 Å². The SMILES string of the molecule is C(=CC1OCCO1)c1nc(-c2ccccc2)c(-c2ccccc2)n1Cc1ccccc1. The van der Waals surface area contributed by atoms with Crippen LogP contribution in [0.5, 0.6) is 0 Å². The Morgan fingerprint density at radius 3 is 2.00 bits per heavy atom. The van der Waals surface area contributed by atoms with Crippen molar-refractivity contribution in [3.8, 4) is 22.5 Å². The first-order valence-corrected chi connectivity index (χ1v) is 10.6. The summed E-state index contributed by atoms with van der Waals surface area (Å²) in [5, 5.41) is 0. The second-order valence-corrected chi connectivity index (χ2v) is 7.44. The van der Waals surface area contributed by atoms with Gasteiger partial charge in [0.25, 0.3) is 0 Å². The highest BCUT2D eigenvalue weighted by Gasteiger charge is 2.20. The largest absolute Gasteiger partial charge is 0.347 e. The van der Waals surface area contributed by atoms with Gasteiger partial charge < -0.3 is 14.0 Å². The van der Waals surface area contributed by atoms with E-state index in [0.717, 1.165) is 34.9 Å². The fraction of sp³-hybridized carbons (Fsp3) is 0.148. The minimum absolute atomic E-state index is 0.317. The number of hydrogen-bond donors (Lipinski definition) is 0. The Balaban J connectivity index is 1.68. The molecule has 0 unspecified atom stereocenters. The number of benzene rings is 3. The molecule has 4 nitrogen and oxygen atoms in total. The Morgan fingerprint density at radius 1 is 0.774 bits per heavy atom. The van der Waals surface area contributed by atoms with Crippen LogP contribution in [-0.4, -0.2) is 29.1 Å². The van der Waals surface area contributed by atoms with E-state index in [1.165, 1.54) is 5.56 Å². The molecule has 154 valence electrons. The molecule has 0 radical (unpaired) electrons. The zero-order chi connectivity index (χ0) is 20.9. The molecule has 1 aromatic heterocycles. The molecule has 0 spiro atoms. The van der Waals surface area contributed by atoms with Crippen LogP contribution in [-0.2, 0) is 16.0 Å². The first-order chi connectivity index (χ1) is 15.4. The van der Waals surface area contributed by atoms with Gasteiger partial charge in [-0.15, -0.1) is 0 Å². The van der Waals surface area contributed by atoms with Crippen LogP contribution in [0.4, 0.5) is 0 Å². The van der Waals surface area contributed by atoms with Gasteiger partial charge in [-0.2, -0.15) is 0 Å². The molecule has 1 fully saturated rings. The van der Waals surface area contributed by atoms with Crippen molar-refractivity contribution in [3.05, 3.63) is 108 Å². The first-order valence-electron chi connectivity index (χ1n) is 10.6. The van der Waals surface area contributed by atoms with Crippen LogP contribution in [0.1, 0.15) is 11.4 Å². The van der Waals surface area contributed by atoms with Gasteiger partial charge in [-0.1, -0.05) is 91.0 Å². The van der Waals surface area contributed by atoms with E-state index in [2.05, 4.69) is 77.4 Å². The second kappa shape index (κ2) is 9.13. The Hall–Kier alpha value is -3.47. The summed E-state index contributed by atoms with van der Waals surface area (Å²) in [7, 11) is 0. The van der Waals surface area contributed by atoms with E-state index in [9.17, 15) is 0 Å². The molecule has 0 N–H and O–H groups in total. The molecule has 1 aliphatic rings.